The molecule has 1 aromatic rings. The van der Waals surface area contributed by atoms with Crippen LogP contribution in [0.15, 0.2) is 18.2 Å². The van der Waals surface area contributed by atoms with Crippen molar-refractivity contribution < 1.29 is 19.4 Å². The molecule has 1 heterocycles. The van der Waals surface area contributed by atoms with E-state index >= 15 is 0 Å². The molecule has 7 heteroatoms. The van der Waals surface area contributed by atoms with Crippen molar-refractivity contribution in [2.75, 3.05) is 13.2 Å². The largest absolute Gasteiger partial charge is 0.488 e. The lowest BCUT2D eigenvalue weighted by Gasteiger charge is -2.20. The van der Waals surface area contributed by atoms with Crippen LogP contribution < -0.4 is 4.74 Å². The average Bonchev–Trinajstić information content (AvgIpc) is 2.80. The van der Waals surface area contributed by atoms with Crippen LogP contribution in [-0.4, -0.2) is 41.1 Å². The summed E-state index contributed by atoms with van der Waals surface area (Å²) in [7, 11) is 0. The highest BCUT2D eigenvalue weighted by molar-refractivity contribution is 6.37. The van der Waals surface area contributed by atoms with Crippen molar-refractivity contribution in [3.05, 3.63) is 28.2 Å². The van der Waals surface area contributed by atoms with Gasteiger partial charge in [0, 0.05) is 0 Å². The van der Waals surface area contributed by atoms with Crippen molar-refractivity contribution in [3.63, 3.8) is 0 Å². The number of halogens is 2. The molecule has 3 rings (SSSR count). The minimum absolute atomic E-state index is 0.0628. The lowest BCUT2D eigenvalue weighted by Crippen LogP contribution is -2.40. The second-order valence-corrected chi connectivity index (χ2v) is 7.11. The van der Waals surface area contributed by atoms with E-state index < -0.39 is 6.10 Å². The van der Waals surface area contributed by atoms with Gasteiger partial charge < -0.3 is 9.84 Å². The predicted molar refractivity (Wildman–Crippen MR) is 90.1 cm³/mol. The zero-order chi connectivity index (χ0) is 17.3. The Morgan fingerprint density at radius 2 is 1.67 bits per heavy atom. The molecule has 2 fully saturated rings. The second-order valence-electron chi connectivity index (χ2n) is 6.30. The Balaban J connectivity index is 1.60. The lowest BCUT2D eigenvalue weighted by molar-refractivity contribution is -0.141. The third kappa shape index (κ3) is 3.39. The summed E-state index contributed by atoms with van der Waals surface area (Å²) < 4.78 is 5.47. The summed E-state index contributed by atoms with van der Waals surface area (Å²) in [6, 6.07) is 4.96. The first-order chi connectivity index (χ1) is 11.5. The quantitative estimate of drug-likeness (QED) is 0.808. The van der Waals surface area contributed by atoms with Crippen molar-refractivity contribution in [3.8, 4) is 5.75 Å². The Hall–Kier alpha value is -1.30. The molecule has 1 aliphatic heterocycles. The van der Waals surface area contributed by atoms with Gasteiger partial charge in [0.1, 0.15) is 12.7 Å². The number of likely N-dealkylation sites (tertiary alicyclic amines) is 1. The van der Waals surface area contributed by atoms with Crippen LogP contribution in [0.4, 0.5) is 0 Å². The number of fused-ring (bicyclic) bond motifs is 1. The maximum absolute atomic E-state index is 12.4. The van der Waals surface area contributed by atoms with Crippen LogP contribution in [0, 0.1) is 11.8 Å². The lowest BCUT2D eigenvalue weighted by atomic mass is 9.81. The molecule has 1 saturated heterocycles. The van der Waals surface area contributed by atoms with Gasteiger partial charge in [-0.2, -0.15) is 0 Å². The number of aliphatic hydroxyl groups is 1. The third-order valence-electron chi connectivity index (χ3n) is 4.66. The Bertz CT molecular complexity index is 607. The normalized spacial score (nSPS) is 24.9. The van der Waals surface area contributed by atoms with Gasteiger partial charge in [-0.05, 0) is 25.0 Å². The number of hydrogen-bond acceptors (Lipinski definition) is 4. The van der Waals surface area contributed by atoms with Crippen LogP contribution in [0.5, 0.6) is 5.75 Å². The van der Waals surface area contributed by atoms with Gasteiger partial charge in [-0.3, -0.25) is 14.5 Å². The van der Waals surface area contributed by atoms with Crippen molar-refractivity contribution >= 4 is 35.0 Å². The first-order valence-corrected chi connectivity index (χ1v) is 8.84. The van der Waals surface area contributed by atoms with Gasteiger partial charge in [0.05, 0.1) is 28.4 Å². The summed E-state index contributed by atoms with van der Waals surface area (Å²) in [5.74, 6) is -0.471. The Kier molecular flexibility index (Phi) is 5.33. The zero-order valence-electron chi connectivity index (χ0n) is 13.1. The van der Waals surface area contributed by atoms with E-state index in [1.807, 2.05) is 0 Å². The number of carbonyl (C=O) groups is 2. The first-order valence-electron chi connectivity index (χ1n) is 8.09. The number of benzene rings is 1. The molecule has 5 nitrogen and oxygen atoms in total. The Labute approximate surface area is 150 Å². The van der Waals surface area contributed by atoms with E-state index in [0.29, 0.717) is 10.0 Å². The van der Waals surface area contributed by atoms with E-state index in [4.69, 9.17) is 27.9 Å². The first kappa shape index (κ1) is 17.5. The van der Waals surface area contributed by atoms with E-state index in [-0.39, 0.29) is 42.6 Å². The van der Waals surface area contributed by atoms with Crippen LogP contribution in [0.2, 0.25) is 10.0 Å². The Morgan fingerprint density at radius 1 is 1.12 bits per heavy atom. The summed E-state index contributed by atoms with van der Waals surface area (Å²) in [5, 5.41) is 10.8. The number of carbonyl (C=O) groups excluding carboxylic acids is 2. The summed E-state index contributed by atoms with van der Waals surface area (Å²) >= 11 is 12.0. The molecule has 0 aromatic heterocycles. The average molecular weight is 372 g/mol. The van der Waals surface area contributed by atoms with Crippen molar-refractivity contribution in [2.24, 2.45) is 11.8 Å². The Morgan fingerprint density at radius 3 is 2.21 bits per heavy atom. The van der Waals surface area contributed by atoms with E-state index in [1.165, 1.54) is 4.90 Å². The standard InChI is InChI=1S/C17H19Cl2NO4/c18-13-6-3-7-14(19)15(13)24-9-10(21)8-20-16(22)11-4-1-2-5-12(11)17(20)23/h3,6-7,10-12,21H,1-2,4-5,8-9H2/t10-,11+,12+/m0/s1. The van der Waals surface area contributed by atoms with E-state index in [9.17, 15) is 14.7 Å². The van der Waals surface area contributed by atoms with Gasteiger partial charge in [-0.25, -0.2) is 0 Å². The SMILES string of the molecule is O=C1[C@@H]2CCCC[C@H]2C(=O)N1C[C@H](O)COc1c(Cl)cccc1Cl. The molecule has 0 spiro atoms. The summed E-state index contributed by atoms with van der Waals surface area (Å²) in [4.78, 5) is 25.9. The molecule has 1 aromatic carbocycles. The molecule has 1 N–H and O–H groups in total. The van der Waals surface area contributed by atoms with E-state index in [0.717, 1.165) is 25.7 Å². The molecule has 0 bridgehead atoms. The molecule has 3 atom stereocenters. The van der Waals surface area contributed by atoms with Gasteiger partial charge in [0.15, 0.2) is 5.75 Å². The second kappa shape index (κ2) is 7.30. The fourth-order valence-electron chi connectivity index (χ4n) is 3.47. The van der Waals surface area contributed by atoms with Crippen LogP contribution in [0.1, 0.15) is 25.7 Å². The summed E-state index contributed by atoms with van der Waals surface area (Å²) in [5.41, 5.74) is 0. The zero-order valence-corrected chi connectivity index (χ0v) is 14.6. The molecule has 130 valence electrons. The monoisotopic (exact) mass is 371 g/mol. The minimum atomic E-state index is -0.995. The van der Waals surface area contributed by atoms with E-state index in [2.05, 4.69) is 0 Å². The van der Waals surface area contributed by atoms with Crippen LogP contribution >= 0.6 is 23.2 Å². The maximum Gasteiger partial charge on any atom is 0.233 e. The molecule has 1 saturated carbocycles. The van der Waals surface area contributed by atoms with Crippen molar-refractivity contribution in [1.82, 2.24) is 4.90 Å². The molecule has 2 amide bonds. The summed E-state index contributed by atoms with van der Waals surface area (Å²) in [6.07, 6.45) is 2.47. The summed E-state index contributed by atoms with van der Waals surface area (Å²) in [6.45, 7) is -0.164. The third-order valence-corrected chi connectivity index (χ3v) is 5.26. The van der Waals surface area contributed by atoms with Crippen molar-refractivity contribution in [2.45, 2.75) is 31.8 Å². The number of para-hydroxylation sites is 1. The van der Waals surface area contributed by atoms with Gasteiger partial charge in [-0.15, -0.1) is 0 Å². The fourth-order valence-corrected chi connectivity index (χ4v) is 3.98. The molecule has 0 radical (unpaired) electrons. The maximum atomic E-state index is 12.4. The predicted octanol–water partition coefficient (Wildman–Crippen LogP) is 2.91. The number of aliphatic hydroxyl groups excluding tert-OH is 1. The number of amides is 2. The van der Waals surface area contributed by atoms with Crippen LogP contribution in [0.25, 0.3) is 0 Å². The highest BCUT2D eigenvalue weighted by atomic mass is 35.5. The number of ether oxygens (including phenoxy) is 1. The number of imide groups is 1. The van der Waals surface area contributed by atoms with Crippen molar-refractivity contribution in [1.29, 1.82) is 0 Å². The van der Waals surface area contributed by atoms with Gasteiger partial charge in [0.2, 0.25) is 11.8 Å². The molecular formula is C17H19Cl2NO4. The van der Waals surface area contributed by atoms with Gasteiger partial charge in [0.25, 0.3) is 0 Å². The molecule has 1 aliphatic carbocycles. The minimum Gasteiger partial charge on any atom is -0.488 e. The number of β-amino-alcohol motifs (C(OH)–C–C–N with tert-alkyl or cyclic N) is 1. The molecule has 24 heavy (non-hydrogen) atoms. The van der Waals surface area contributed by atoms with Gasteiger partial charge >= 0.3 is 0 Å². The highest BCUT2D eigenvalue weighted by Crippen LogP contribution is 2.38. The number of rotatable bonds is 5. The number of hydrogen-bond donors (Lipinski definition) is 1. The fraction of sp³-hybridized carbons (Fsp3) is 0.529. The molecule has 2 aliphatic rings. The van der Waals surface area contributed by atoms with E-state index in [1.54, 1.807) is 18.2 Å². The smallest absolute Gasteiger partial charge is 0.233 e. The van der Waals surface area contributed by atoms with Gasteiger partial charge in [-0.1, -0.05) is 42.1 Å². The number of nitrogens with zero attached hydrogens (tertiary/aromatic N) is 1. The molecular weight excluding hydrogens is 353 g/mol. The highest BCUT2D eigenvalue weighted by Gasteiger charge is 2.48. The topological polar surface area (TPSA) is 66.8 Å². The van der Waals surface area contributed by atoms with Crippen LogP contribution in [-0.2, 0) is 9.59 Å². The molecule has 0 unspecified atom stereocenters. The van der Waals surface area contributed by atoms with Crippen LogP contribution in [0.3, 0.4) is 0 Å².